The Morgan fingerprint density at radius 1 is 0.444 bits per heavy atom. The van der Waals surface area contributed by atoms with Crippen LogP contribution in [0.2, 0.25) is 0 Å². The fourth-order valence-electron chi connectivity index (χ4n) is 6.54. The van der Waals surface area contributed by atoms with Gasteiger partial charge in [-0.3, -0.25) is 0 Å². The molecular weight excluding hydrogens is 563 g/mol. The lowest BCUT2D eigenvalue weighted by atomic mass is 9.83. The van der Waals surface area contributed by atoms with Crippen LogP contribution in [-0.4, -0.2) is 33.4 Å². The van der Waals surface area contributed by atoms with E-state index in [0.717, 1.165) is 54.6 Å². The molecule has 1 heterocycles. The quantitative estimate of drug-likeness (QED) is 0.0617. The highest BCUT2D eigenvalue weighted by atomic mass is 16.3. The molecule has 0 fully saturated rings. The van der Waals surface area contributed by atoms with E-state index in [0.29, 0.717) is 16.7 Å². The van der Waals surface area contributed by atoms with E-state index in [1.165, 1.54) is 0 Å². The Morgan fingerprint density at radius 3 is 1.53 bits per heavy atom. The molecule has 7 aromatic carbocycles. The van der Waals surface area contributed by atoms with Crippen LogP contribution in [0.5, 0.6) is 28.7 Å². The van der Waals surface area contributed by atoms with Gasteiger partial charge in [0.25, 0.3) is 0 Å². The van der Waals surface area contributed by atoms with Gasteiger partial charge in [-0.2, -0.15) is 0 Å². The highest BCUT2D eigenvalue weighted by Gasteiger charge is 2.26. The maximum atomic E-state index is 11.0. The number of phenols is 5. The molecule has 5 N–H and O–H groups in total. The molecule has 7 heteroatoms. The van der Waals surface area contributed by atoms with Gasteiger partial charge in [-0.1, -0.05) is 78.9 Å². The highest BCUT2D eigenvalue weighted by Crippen LogP contribution is 2.51. The number of hydrogen-bond donors (Lipinski definition) is 5. The van der Waals surface area contributed by atoms with Crippen LogP contribution in [0, 0.1) is 0 Å². The summed E-state index contributed by atoms with van der Waals surface area (Å²) < 4.78 is 6.33. The third-order valence-corrected chi connectivity index (χ3v) is 8.56. The van der Waals surface area contributed by atoms with Crippen LogP contribution in [0.4, 0.5) is 0 Å². The van der Waals surface area contributed by atoms with Crippen molar-refractivity contribution in [2.75, 3.05) is 0 Å². The van der Waals surface area contributed by atoms with Crippen LogP contribution in [0.15, 0.2) is 114 Å². The average molecular weight is 586 g/mol. The minimum atomic E-state index is -0.735. The van der Waals surface area contributed by atoms with E-state index in [2.05, 4.69) is 24.3 Å². The zero-order valence-electron chi connectivity index (χ0n) is 23.6. The lowest BCUT2D eigenvalue weighted by molar-refractivity contribution is 0.380. The molecule has 0 aliphatic carbocycles. The fraction of sp³-hybridized carbons (Fsp3) is 0. The molecule has 0 saturated heterocycles. The number of hydrogen-bond acceptors (Lipinski definition) is 6. The zero-order chi connectivity index (χ0) is 31.0. The van der Waals surface area contributed by atoms with Crippen molar-refractivity contribution in [2.45, 2.75) is 0 Å². The summed E-state index contributed by atoms with van der Waals surface area (Å²) in [5, 5.41) is 58.6. The van der Waals surface area contributed by atoms with Gasteiger partial charge in [0, 0.05) is 10.8 Å². The Kier molecular flexibility index (Phi) is 5.74. The summed E-state index contributed by atoms with van der Waals surface area (Å²) in [6.45, 7) is 0. The van der Waals surface area contributed by atoms with Crippen LogP contribution >= 0.6 is 0 Å². The standard InChI is InChI=1S/C38H23BO6/c39-34-37(43)35(41)31(36(42)38(34)44)20-17-27(33-26-11-5-6-12-28(26)45-29(33)18-20)32-24-9-3-1-7-22(24)30(19-13-15-21(40)16-14-19)23-8-2-4-10-25(23)32/h1-18,40-44H. The summed E-state index contributed by atoms with van der Waals surface area (Å²) in [5.41, 5.74) is 4.33. The second kappa shape index (κ2) is 9.72. The van der Waals surface area contributed by atoms with E-state index in [4.69, 9.17) is 12.3 Å². The second-order valence-corrected chi connectivity index (χ2v) is 11.1. The van der Waals surface area contributed by atoms with Crippen LogP contribution < -0.4 is 5.46 Å². The Labute approximate surface area is 257 Å². The molecule has 0 unspecified atom stereocenters. The van der Waals surface area contributed by atoms with Crippen molar-refractivity contribution in [2.24, 2.45) is 0 Å². The molecule has 8 rings (SSSR count). The lowest BCUT2D eigenvalue weighted by Gasteiger charge is -2.19. The largest absolute Gasteiger partial charge is 0.508 e. The van der Waals surface area contributed by atoms with Crippen molar-refractivity contribution in [1.29, 1.82) is 0 Å². The van der Waals surface area contributed by atoms with Crippen molar-refractivity contribution < 1.29 is 29.9 Å². The molecule has 1 aromatic heterocycles. The highest BCUT2D eigenvalue weighted by molar-refractivity contribution is 6.37. The molecule has 0 aliphatic rings. The molecule has 8 aromatic rings. The number of para-hydroxylation sites is 1. The van der Waals surface area contributed by atoms with Crippen LogP contribution in [0.25, 0.3) is 76.9 Å². The second-order valence-electron chi connectivity index (χ2n) is 11.1. The maximum Gasteiger partial charge on any atom is 0.168 e. The molecule has 0 atom stereocenters. The minimum absolute atomic E-state index is 0.182. The predicted molar refractivity (Wildman–Crippen MR) is 179 cm³/mol. The summed E-state index contributed by atoms with van der Waals surface area (Å²) in [5.74, 6) is -2.62. The molecule has 0 amide bonds. The zero-order valence-corrected chi connectivity index (χ0v) is 23.6. The van der Waals surface area contributed by atoms with Gasteiger partial charge in [0.05, 0.1) is 5.56 Å². The van der Waals surface area contributed by atoms with Gasteiger partial charge in [-0.25, -0.2) is 0 Å². The van der Waals surface area contributed by atoms with Crippen molar-refractivity contribution in [3.8, 4) is 62.1 Å². The third-order valence-electron chi connectivity index (χ3n) is 8.56. The third kappa shape index (κ3) is 3.84. The van der Waals surface area contributed by atoms with E-state index < -0.39 is 28.5 Å². The van der Waals surface area contributed by atoms with E-state index in [1.54, 1.807) is 18.2 Å². The number of aromatic hydroxyl groups is 5. The number of furan rings is 1. The van der Waals surface area contributed by atoms with E-state index in [-0.39, 0.29) is 11.3 Å². The Bertz CT molecular complexity index is 2410. The first-order valence-electron chi connectivity index (χ1n) is 14.3. The maximum absolute atomic E-state index is 11.0. The van der Waals surface area contributed by atoms with E-state index in [1.807, 2.05) is 66.7 Å². The summed E-state index contributed by atoms with van der Waals surface area (Å²) in [4.78, 5) is 0. The monoisotopic (exact) mass is 586 g/mol. The van der Waals surface area contributed by atoms with Gasteiger partial charge in [0.15, 0.2) is 23.0 Å². The van der Waals surface area contributed by atoms with Crippen LogP contribution in [0.3, 0.4) is 0 Å². The van der Waals surface area contributed by atoms with E-state index >= 15 is 0 Å². The molecular formula is C38H23BO6. The van der Waals surface area contributed by atoms with Gasteiger partial charge in [0.2, 0.25) is 0 Å². The van der Waals surface area contributed by atoms with Gasteiger partial charge >= 0.3 is 0 Å². The minimum Gasteiger partial charge on any atom is -0.508 e. The normalized spacial score (nSPS) is 11.6. The fourth-order valence-corrected chi connectivity index (χ4v) is 6.54. The van der Waals surface area contributed by atoms with Crippen molar-refractivity contribution in [1.82, 2.24) is 0 Å². The van der Waals surface area contributed by atoms with Crippen LogP contribution in [0.1, 0.15) is 0 Å². The summed E-state index contributed by atoms with van der Waals surface area (Å²) >= 11 is 0. The Morgan fingerprint density at radius 2 is 0.956 bits per heavy atom. The van der Waals surface area contributed by atoms with Gasteiger partial charge in [-0.15, -0.1) is 0 Å². The molecule has 0 aliphatic heterocycles. The van der Waals surface area contributed by atoms with Gasteiger partial charge in [0.1, 0.15) is 24.8 Å². The summed E-state index contributed by atoms with van der Waals surface area (Å²) in [6, 6.07) is 34.5. The Hall–Kier alpha value is -6.08. The smallest absolute Gasteiger partial charge is 0.168 e. The molecule has 0 saturated carbocycles. The molecule has 0 bridgehead atoms. The molecule has 6 nitrogen and oxygen atoms in total. The first-order valence-corrected chi connectivity index (χ1v) is 14.3. The lowest BCUT2D eigenvalue weighted by Crippen LogP contribution is -2.05. The number of phenolic OH excluding ortho intramolecular Hbond substituents is 5. The van der Waals surface area contributed by atoms with Crippen molar-refractivity contribution in [3.05, 3.63) is 109 Å². The molecule has 45 heavy (non-hydrogen) atoms. The number of benzene rings is 7. The predicted octanol–water partition coefficient (Wildman–Crippen LogP) is 8.22. The molecule has 214 valence electrons. The molecule has 0 spiro atoms. The van der Waals surface area contributed by atoms with Gasteiger partial charge in [-0.05, 0) is 85.2 Å². The summed E-state index contributed by atoms with van der Waals surface area (Å²) in [6.07, 6.45) is 0. The Balaban J connectivity index is 1.57. The topological polar surface area (TPSA) is 114 Å². The van der Waals surface area contributed by atoms with Crippen molar-refractivity contribution >= 4 is 56.8 Å². The van der Waals surface area contributed by atoms with Crippen molar-refractivity contribution in [3.63, 3.8) is 0 Å². The van der Waals surface area contributed by atoms with Gasteiger partial charge < -0.3 is 29.9 Å². The first kappa shape index (κ1) is 26.5. The average Bonchev–Trinajstić information content (AvgIpc) is 3.44. The number of rotatable bonds is 3. The van der Waals surface area contributed by atoms with E-state index in [9.17, 15) is 25.5 Å². The summed E-state index contributed by atoms with van der Waals surface area (Å²) in [7, 11) is 5.74. The number of fused-ring (bicyclic) bond motifs is 5. The first-order chi connectivity index (χ1) is 21.8. The molecule has 2 radical (unpaired) electrons. The van der Waals surface area contributed by atoms with Crippen LogP contribution in [-0.2, 0) is 0 Å². The SMILES string of the molecule is [B]c1c(O)c(O)c(-c2cc(-c3c4ccccc4c(-c4ccc(O)cc4)c4ccccc34)c3c(c2)oc2ccccc23)c(O)c1O.